The van der Waals surface area contributed by atoms with Crippen LogP contribution in [0.5, 0.6) is 0 Å². The van der Waals surface area contributed by atoms with Gasteiger partial charge in [0.2, 0.25) is 0 Å². The molecule has 0 radical (unpaired) electrons. The van der Waals surface area contributed by atoms with Crippen LogP contribution in [0.15, 0.2) is 0 Å². The molecule has 1 N–H and O–H groups in total. The fourth-order valence-electron chi connectivity index (χ4n) is 2.32. The van der Waals surface area contributed by atoms with Crippen molar-refractivity contribution in [2.45, 2.75) is 51.7 Å². The summed E-state index contributed by atoms with van der Waals surface area (Å²) in [5.74, 6) is 0. The number of hydrogen-bond acceptors (Lipinski definition) is 4. The van der Waals surface area contributed by atoms with Crippen molar-refractivity contribution in [2.24, 2.45) is 0 Å². The fraction of sp³-hybridized carbons (Fsp3) is 0.923. The second kappa shape index (κ2) is 5.34. The monoisotopic (exact) mass is 239 g/mol. The molecule has 0 amide bonds. The van der Waals surface area contributed by atoms with Crippen molar-refractivity contribution < 1.29 is 4.74 Å². The molecule has 0 aromatic rings. The third-order valence-corrected chi connectivity index (χ3v) is 3.18. The maximum Gasteiger partial charge on any atom is 0.116 e. The van der Waals surface area contributed by atoms with Gasteiger partial charge in [0.15, 0.2) is 0 Å². The second-order valence-corrected chi connectivity index (χ2v) is 6.03. The highest BCUT2D eigenvalue weighted by molar-refractivity contribution is 5.08. The highest BCUT2D eigenvalue weighted by Crippen LogP contribution is 2.21. The van der Waals surface area contributed by atoms with Crippen molar-refractivity contribution in [3.8, 4) is 6.07 Å². The predicted octanol–water partition coefficient (Wildman–Crippen LogP) is 1.38. The van der Waals surface area contributed by atoms with Gasteiger partial charge in [-0.2, -0.15) is 5.26 Å². The lowest BCUT2D eigenvalue weighted by atomic mass is 9.96. The molecule has 1 fully saturated rings. The summed E-state index contributed by atoms with van der Waals surface area (Å²) in [5.41, 5.74) is -0.488. The van der Waals surface area contributed by atoms with Gasteiger partial charge in [-0.05, 0) is 34.6 Å². The first-order valence-electron chi connectivity index (χ1n) is 6.31. The van der Waals surface area contributed by atoms with Gasteiger partial charge in [0.1, 0.15) is 5.54 Å². The first kappa shape index (κ1) is 14.4. The molecule has 1 aliphatic heterocycles. The van der Waals surface area contributed by atoms with Crippen LogP contribution in [0.4, 0.5) is 0 Å². The lowest BCUT2D eigenvalue weighted by Gasteiger charge is -2.45. The Bertz CT molecular complexity index is 296. The Morgan fingerprint density at radius 2 is 2.18 bits per heavy atom. The number of nitriles is 1. The minimum Gasteiger partial charge on any atom is -0.378 e. The quantitative estimate of drug-likeness (QED) is 0.805. The molecule has 0 aliphatic carbocycles. The maximum absolute atomic E-state index is 9.36. The number of nitrogens with zero attached hydrogens (tertiary/aromatic N) is 2. The molecular weight excluding hydrogens is 214 g/mol. The maximum atomic E-state index is 9.36. The normalized spacial score (nSPS) is 24.3. The lowest BCUT2D eigenvalue weighted by molar-refractivity contribution is -0.0577. The van der Waals surface area contributed by atoms with E-state index in [0.717, 1.165) is 26.3 Å². The Morgan fingerprint density at radius 3 is 2.65 bits per heavy atom. The summed E-state index contributed by atoms with van der Waals surface area (Å²) in [4.78, 5) is 2.34. The van der Waals surface area contributed by atoms with Gasteiger partial charge in [0.25, 0.3) is 0 Å². The molecule has 98 valence electrons. The van der Waals surface area contributed by atoms with Crippen LogP contribution in [-0.2, 0) is 4.74 Å². The topological polar surface area (TPSA) is 48.3 Å². The van der Waals surface area contributed by atoms with E-state index < -0.39 is 5.54 Å². The summed E-state index contributed by atoms with van der Waals surface area (Å²) in [7, 11) is 0. The van der Waals surface area contributed by atoms with Crippen molar-refractivity contribution in [1.82, 2.24) is 10.2 Å². The molecule has 1 saturated heterocycles. The van der Waals surface area contributed by atoms with Gasteiger partial charge in [-0.25, -0.2) is 0 Å². The molecule has 0 bridgehead atoms. The standard InChI is InChI=1S/C13H25N3O/c1-11(2)15-13(5,8-14)9-16-6-7-17-10-12(16,3)4/h11,15H,6-7,9-10H2,1-5H3. The van der Waals surface area contributed by atoms with Gasteiger partial charge in [-0.1, -0.05) is 0 Å². The summed E-state index contributed by atoms with van der Waals surface area (Å²) < 4.78 is 5.50. The number of rotatable bonds is 4. The molecule has 0 aromatic heterocycles. The molecule has 17 heavy (non-hydrogen) atoms. The molecule has 1 rings (SSSR count). The van der Waals surface area contributed by atoms with Gasteiger partial charge in [-0.3, -0.25) is 10.2 Å². The van der Waals surface area contributed by atoms with Crippen molar-refractivity contribution in [1.29, 1.82) is 5.26 Å². The van der Waals surface area contributed by atoms with E-state index >= 15 is 0 Å². The zero-order valence-electron chi connectivity index (χ0n) is 11.7. The highest BCUT2D eigenvalue weighted by Gasteiger charge is 2.36. The van der Waals surface area contributed by atoms with Crippen molar-refractivity contribution in [3.63, 3.8) is 0 Å². The van der Waals surface area contributed by atoms with E-state index in [1.54, 1.807) is 0 Å². The fourth-order valence-corrected chi connectivity index (χ4v) is 2.32. The van der Waals surface area contributed by atoms with E-state index in [0.29, 0.717) is 6.04 Å². The van der Waals surface area contributed by atoms with Crippen LogP contribution in [0, 0.1) is 11.3 Å². The number of nitrogens with one attached hydrogen (secondary N) is 1. The number of morpholine rings is 1. The molecule has 1 heterocycles. The van der Waals surface area contributed by atoms with Crippen LogP contribution in [-0.4, -0.2) is 48.3 Å². The van der Waals surface area contributed by atoms with E-state index in [4.69, 9.17) is 4.74 Å². The zero-order valence-corrected chi connectivity index (χ0v) is 11.7. The summed E-state index contributed by atoms with van der Waals surface area (Å²) in [6.07, 6.45) is 0. The Kier molecular flexibility index (Phi) is 4.54. The van der Waals surface area contributed by atoms with E-state index in [-0.39, 0.29) is 5.54 Å². The minimum atomic E-state index is -0.497. The van der Waals surface area contributed by atoms with Gasteiger partial charge >= 0.3 is 0 Å². The summed E-state index contributed by atoms with van der Waals surface area (Å²) in [5, 5.41) is 12.7. The van der Waals surface area contributed by atoms with E-state index in [1.807, 2.05) is 6.92 Å². The zero-order chi connectivity index (χ0) is 13.1. The van der Waals surface area contributed by atoms with Crippen LogP contribution >= 0.6 is 0 Å². The molecule has 0 aromatic carbocycles. The molecule has 1 unspecified atom stereocenters. The second-order valence-electron chi connectivity index (χ2n) is 6.03. The number of ether oxygens (including phenoxy) is 1. The van der Waals surface area contributed by atoms with E-state index in [9.17, 15) is 5.26 Å². The Labute approximate surface area is 105 Å². The van der Waals surface area contributed by atoms with E-state index in [1.165, 1.54) is 0 Å². The third kappa shape index (κ3) is 3.95. The lowest BCUT2D eigenvalue weighted by Crippen LogP contribution is -2.61. The van der Waals surface area contributed by atoms with E-state index in [2.05, 4.69) is 44.0 Å². The third-order valence-electron chi connectivity index (χ3n) is 3.18. The van der Waals surface area contributed by atoms with Crippen LogP contribution in [0.3, 0.4) is 0 Å². The van der Waals surface area contributed by atoms with Gasteiger partial charge in [-0.15, -0.1) is 0 Å². The van der Waals surface area contributed by atoms with Gasteiger partial charge in [0.05, 0.1) is 19.3 Å². The molecular formula is C13H25N3O. The summed E-state index contributed by atoms with van der Waals surface area (Å²) in [6, 6.07) is 2.71. The molecule has 0 spiro atoms. The van der Waals surface area contributed by atoms with Crippen LogP contribution in [0.1, 0.15) is 34.6 Å². The first-order chi connectivity index (χ1) is 7.79. The average molecular weight is 239 g/mol. The molecule has 4 nitrogen and oxygen atoms in total. The highest BCUT2D eigenvalue weighted by atomic mass is 16.5. The number of hydrogen-bond donors (Lipinski definition) is 1. The Morgan fingerprint density at radius 1 is 1.53 bits per heavy atom. The first-order valence-corrected chi connectivity index (χ1v) is 6.31. The molecule has 4 heteroatoms. The minimum absolute atomic E-state index is 0.00895. The van der Waals surface area contributed by atoms with Crippen molar-refractivity contribution >= 4 is 0 Å². The Balaban J connectivity index is 2.70. The molecule has 1 atom stereocenters. The average Bonchev–Trinajstić information content (AvgIpc) is 2.20. The van der Waals surface area contributed by atoms with Crippen LogP contribution in [0.25, 0.3) is 0 Å². The summed E-state index contributed by atoms with van der Waals surface area (Å²) in [6.45, 7) is 13.6. The van der Waals surface area contributed by atoms with Crippen LogP contribution in [0.2, 0.25) is 0 Å². The summed E-state index contributed by atoms with van der Waals surface area (Å²) >= 11 is 0. The largest absolute Gasteiger partial charge is 0.378 e. The SMILES string of the molecule is CC(C)NC(C)(C#N)CN1CCOCC1(C)C. The smallest absolute Gasteiger partial charge is 0.116 e. The predicted molar refractivity (Wildman–Crippen MR) is 68.8 cm³/mol. The molecule has 0 saturated carbocycles. The Hall–Kier alpha value is -0.630. The molecule has 1 aliphatic rings. The van der Waals surface area contributed by atoms with Crippen LogP contribution < -0.4 is 5.32 Å². The van der Waals surface area contributed by atoms with Gasteiger partial charge < -0.3 is 4.74 Å². The van der Waals surface area contributed by atoms with Gasteiger partial charge in [0, 0.05) is 24.7 Å². The van der Waals surface area contributed by atoms with Crippen molar-refractivity contribution in [2.75, 3.05) is 26.3 Å². The van der Waals surface area contributed by atoms with Crippen molar-refractivity contribution in [3.05, 3.63) is 0 Å².